The van der Waals surface area contributed by atoms with E-state index in [9.17, 15) is 18.0 Å². The largest absolute Gasteiger partial charge is 0.497 e. The average Bonchev–Trinajstić information content (AvgIpc) is 2.45. The Hall–Kier alpha value is -2.09. The first-order valence-corrected chi connectivity index (χ1v) is 8.47. The molecule has 0 unspecified atom stereocenters. The molecule has 1 aromatic carbocycles. The zero-order chi connectivity index (χ0) is 17.6. The zero-order valence-corrected chi connectivity index (χ0v) is 14.4. The average molecular weight is 343 g/mol. The lowest BCUT2D eigenvalue weighted by molar-refractivity contribution is -0.139. The number of hydrogen-bond acceptors (Lipinski definition) is 6. The first kappa shape index (κ1) is 19.0. The van der Waals surface area contributed by atoms with Gasteiger partial charge in [-0.1, -0.05) is 13.8 Å². The molecule has 0 atom stereocenters. The fourth-order valence-corrected chi connectivity index (χ4v) is 3.14. The van der Waals surface area contributed by atoms with Gasteiger partial charge in [-0.15, -0.1) is 0 Å². The van der Waals surface area contributed by atoms with Gasteiger partial charge >= 0.3 is 5.97 Å². The summed E-state index contributed by atoms with van der Waals surface area (Å²) >= 11 is 0. The normalized spacial score (nSPS) is 11.2. The second-order valence-corrected chi connectivity index (χ2v) is 7.00. The van der Waals surface area contributed by atoms with Crippen molar-refractivity contribution in [2.24, 2.45) is 5.92 Å². The Kier molecular flexibility index (Phi) is 6.56. The Morgan fingerprint density at radius 1 is 1.22 bits per heavy atom. The first-order chi connectivity index (χ1) is 10.7. The summed E-state index contributed by atoms with van der Waals surface area (Å²) in [6.45, 7) is 3.62. The van der Waals surface area contributed by atoms with Crippen molar-refractivity contribution >= 4 is 21.9 Å². The van der Waals surface area contributed by atoms with Crippen LogP contribution in [0.3, 0.4) is 0 Å². The standard InChI is InChI=1S/C15H21NO6S/c1-10(2)7-14(17)16-23(19,20)13-6-5-12(21-3)8-11(13)9-15(18)22-4/h5-6,8,10H,7,9H2,1-4H3,(H,16,17). The van der Waals surface area contributed by atoms with Crippen molar-refractivity contribution in [3.63, 3.8) is 0 Å². The fraction of sp³-hybridized carbons (Fsp3) is 0.467. The van der Waals surface area contributed by atoms with Gasteiger partial charge in [0, 0.05) is 6.42 Å². The molecular formula is C15H21NO6S. The molecule has 0 spiro atoms. The van der Waals surface area contributed by atoms with Gasteiger partial charge in [-0.05, 0) is 29.7 Å². The Labute approximate surface area is 136 Å². The molecule has 0 fully saturated rings. The molecule has 7 nitrogen and oxygen atoms in total. The van der Waals surface area contributed by atoms with E-state index in [0.717, 1.165) is 0 Å². The lowest BCUT2D eigenvalue weighted by Crippen LogP contribution is -2.32. The third kappa shape index (κ3) is 5.55. The van der Waals surface area contributed by atoms with Crippen molar-refractivity contribution < 1.29 is 27.5 Å². The number of sulfonamides is 1. The van der Waals surface area contributed by atoms with Gasteiger partial charge < -0.3 is 9.47 Å². The summed E-state index contributed by atoms with van der Waals surface area (Å²) in [7, 11) is -1.44. The highest BCUT2D eigenvalue weighted by molar-refractivity contribution is 7.90. The molecule has 1 aromatic rings. The van der Waals surface area contributed by atoms with E-state index in [0.29, 0.717) is 5.75 Å². The van der Waals surface area contributed by atoms with Gasteiger partial charge in [-0.3, -0.25) is 9.59 Å². The van der Waals surface area contributed by atoms with Crippen LogP contribution in [0.2, 0.25) is 0 Å². The van der Waals surface area contributed by atoms with Crippen LogP contribution in [0.5, 0.6) is 5.75 Å². The number of nitrogens with one attached hydrogen (secondary N) is 1. The number of benzene rings is 1. The van der Waals surface area contributed by atoms with Crippen molar-refractivity contribution in [3.05, 3.63) is 23.8 Å². The summed E-state index contributed by atoms with van der Waals surface area (Å²) in [4.78, 5) is 23.1. The summed E-state index contributed by atoms with van der Waals surface area (Å²) in [6, 6.07) is 4.17. The minimum absolute atomic E-state index is 0.0237. The van der Waals surface area contributed by atoms with E-state index in [1.165, 1.54) is 32.4 Å². The third-order valence-corrected chi connectivity index (χ3v) is 4.44. The second-order valence-electron chi connectivity index (χ2n) is 5.35. The number of methoxy groups -OCH3 is 2. The molecule has 1 amide bonds. The number of rotatable bonds is 7. The lowest BCUT2D eigenvalue weighted by Gasteiger charge is -2.13. The highest BCUT2D eigenvalue weighted by Crippen LogP contribution is 2.23. The second kappa shape index (κ2) is 7.96. The molecule has 0 heterocycles. The molecule has 1 rings (SSSR count). The van der Waals surface area contributed by atoms with E-state index in [2.05, 4.69) is 4.74 Å². The molecule has 0 bridgehead atoms. The highest BCUT2D eigenvalue weighted by Gasteiger charge is 2.23. The van der Waals surface area contributed by atoms with Crippen LogP contribution in [-0.2, 0) is 30.8 Å². The maximum Gasteiger partial charge on any atom is 0.310 e. The number of ether oxygens (including phenoxy) is 2. The number of carbonyl (C=O) groups excluding carboxylic acids is 2. The van der Waals surface area contributed by atoms with Crippen molar-refractivity contribution in [2.75, 3.05) is 14.2 Å². The van der Waals surface area contributed by atoms with E-state index < -0.39 is 21.9 Å². The molecule has 0 aliphatic heterocycles. The van der Waals surface area contributed by atoms with Gasteiger partial charge in [-0.25, -0.2) is 13.1 Å². The van der Waals surface area contributed by atoms with Gasteiger partial charge in [0.2, 0.25) is 5.91 Å². The number of carbonyl (C=O) groups is 2. The molecular weight excluding hydrogens is 322 g/mol. The van der Waals surface area contributed by atoms with Crippen LogP contribution >= 0.6 is 0 Å². The van der Waals surface area contributed by atoms with Gasteiger partial charge in [0.25, 0.3) is 10.0 Å². The SMILES string of the molecule is COC(=O)Cc1cc(OC)ccc1S(=O)(=O)NC(=O)CC(C)C. The molecule has 0 aliphatic carbocycles. The van der Waals surface area contributed by atoms with Crippen molar-refractivity contribution in [2.45, 2.75) is 31.6 Å². The van der Waals surface area contributed by atoms with Crippen LogP contribution in [0.1, 0.15) is 25.8 Å². The predicted octanol–water partition coefficient (Wildman–Crippen LogP) is 1.26. The number of hydrogen-bond donors (Lipinski definition) is 1. The van der Waals surface area contributed by atoms with Crippen LogP contribution < -0.4 is 9.46 Å². The summed E-state index contributed by atoms with van der Waals surface area (Å²) < 4.78 is 36.4. The maximum atomic E-state index is 12.4. The van der Waals surface area contributed by atoms with Gasteiger partial charge in [0.1, 0.15) is 5.75 Å². The number of esters is 1. The third-order valence-electron chi connectivity index (χ3n) is 2.96. The quantitative estimate of drug-likeness (QED) is 0.748. The molecule has 8 heteroatoms. The maximum absolute atomic E-state index is 12.4. The van der Waals surface area contributed by atoms with E-state index >= 15 is 0 Å². The van der Waals surface area contributed by atoms with Gasteiger partial charge in [0.05, 0.1) is 25.5 Å². The molecule has 0 saturated carbocycles. The summed E-state index contributed by atoms with van der Waals surface area (Å²) in [6.07, 6.45) is -0.163. The lowest BCUT2D eigenvalue weighted by atomic mass is 10.1. The molecule has 0 aliphatic rings. The predicted molar refractivity (Wildman–Crippen MR) is 83.5 cm³/mol. The van der Waals surface area contributed by atoms with E-state index in [1.54, 1.807) is 0 Å². The van der Waals surface area contributed by atoms with Crippen molar-refractivity contribution in [1.82, 2.24) is 4.72 Å². The zero-order valence-electron chi connectivity index (χ0n) is 13.6. The summed E-state index contributed by atoms with van der Waals surface area (Å²) in [5.74, 6) is -0.769. The van der Waals surface area contributed by atoms with Gasteiger partial charge in [0.15, 0.2) is 0 Å². The van der Waals surface area contributed by atoms with E-state index in [1.807, 2.05) is 18.6 Å². The van der Waals surface area contributed by atoms with Crippen molar-refractivity contribution in [3.8, 4) is 5.75 Å². The Balaban J connectivity index is 3.18. The molecule has 1 N–H and O–H groups in total. The molecule has 0 saturated heterocycles. The van der Waals surface area contributed by atoms with Crippen LogP contribution in [0, 0.1) is 5.92 Å². The molecule has 23 heavy (non-hydrogen) atoms. The monoisotopic (exact) mass is 343 g/mol. The fourth-order valence-electron chi connectivity index (χ4n) is 1.93. The Morgan fingerprint density at radius 3 is 2.39 bits per heavy atom. The highest BCUT2D eigenvalue weighted by atomic mass is 32.2. The molecule has 0 aromatic heterocycles. The molecule has 0 radical (unpaired) electrons. The summed E-state index contributed by atoms with van der Waals surface area (Å²) in [5, 5.41) is 0. The van der Waals surface area contributed by atoms with Crippen LogP contribution in [0.25, 0.3) is 0 Å². The first-order valence-electron chi connectivity index (χ1n) is 6.99. The number of amides is 1. The van der Waals surface area contributed by atoms with Crippen LogP contribution in [0.15, 0.2) is 23.1 Å². The Bertz CT molecular complexity index is 681. The van der Waals surface area contributed by atoms with E-state index in [-0.39, 0.29) is 29.2 Å². The Morgan fingerprint density at radius 2 is 1.87 bits per heavy atom. The van der Waals surface area contributed by atoms with Crippen molar-refractivity contribution in [1.29, 1.82) is 0 Å². The van der Waals surface area contributed by atoms with E-state index in [4.69, 9.17) is 4.74 Å². The minimum atomic E-state index is -4.08. The minimum Gasteiger partial charge on any atom is -0.497 e. The topological polar surface area (TPSA) is 98.8 Å². The van der Waals surface area contributed by atoms with Crippen LogP contribution in [-0.4, -0.2) is 34.5 Å². The summed E-state index contributed by atoms with van der Waals surface area (Å²) in [5.41, 5.74) is 0.195. The van der Waals surface area contributed by atoms with Gasteiger partial charge in [-0.2, -0.15) is 0 Å². The van der Waals surface area contributed by atoms with Crippen LogP contribution in [0.4, 0.5) is 0 Å². The molecule has 128 valence electrons. The smallest absolute Gasteiger partial charge is 0.310 e.